The molecule has 0 saturated carbocycles. The molecule has 0 bridgehead atoms. The fourth-order valence-electron chi connectivity index (χ4n) is 2.48. The van der Waals surface area contributed by atoms with Gasteiger partial charge in [0.05, 0.1) is 12.8 Å². The highest BCUT2D eigenvalue weighted by molar-refractivity contribution is 8.65. The van der Waals surface area contributed by atoms with Crippen LogP contribution in [0.1, 0.15) is 0 Å². The molecule has 0 amide bonds. The molecular formula is C16H11ClF7N3O2S. The molecule has 2 aromatic carbocycles. The lowest BCUT2D eigenvalue weighted by molar-refractivity contribution is -0.274. The maximum atomic E-state index is 14.0. The molecule has 0 fully saturated rings. The summed E-state index contributed by atoms with van der Waals surface area (Å²) in [7, 11) is -3.53. The van der Waals surface area contributed by atoms with Gasteiger partial charge in [-0.3, -0.25) is 4.57 Å². The minimum absolute atomic E-state index is 0.0994. The molecule has 0 atom stereocenters. The summed E-state index contributed by atoms with van der Waals surface area (Å²) in [4.78, 5) is 0. The molecule has 0 N–H and O–H groups in total. The van der Waals surface area contributed by atoms with Crippen LogP contribution in [0.3, 0.4) is 0 Å². The van der Waals surface area contributed by atoms with Crippen LogP contribution in [0.2, 0.25) is 0 Å². The van der Waals surface area contributed by atoms with Crippen LogP contribution in [0.5, 0.6) is 11.5 Å². The SMILES string of the molecule is COc1ccc(-n2c(-c3ccc(OC(F)(F)F)cc3)nnc2S(F)(F)(F)(F)Cl)cc1. The van der Waals surface area contributed by atoms with Gasteiger partial charge < -0.3 is 9.47 Å². The van der Waals surface area contributed by atoms with Crippen LogP contribution < -0.4 is 9.47 Å². The van der Waals surface area contributed by atoms with Crippen molar-refractivity contribution in [1.29, 1.82) is 0 Å². The molecule has 0 spiro atoms. The Bertz CT molecular complexity index is 1070. The smallest absolute Gasteiger partial charge is 0.497 e. The summed E-state index contributed by atoms with van der Waals surface area (Å²) < 4.78 is 102. The summed E-state index contributed by atoms with van der Waals surface area (Å²) in [5, 5.41) is 4.18. The molecule has 14 heteroatoms. The molecule has 5 nitrogen and oxygen atoms in total. The Morgan fingerprint density at radius 2 is 1.40 bits per heavy atom. The molecule has 30 heavy (non-hydrogen) atoms. The van der Waals surface area contributed by atoms with Crippen molar-refractivity contribution in [3.05, 3.63) is 48.5 Å². The third-order valence-corrected chi connectivity index (χ3v) is 5.02. The number of halogens is 8. The minimum Gasteiger partial charge on any atom is -0.497 e. The minimum atomic E-state index is -9.31. The Morgan fingerprint density at radius 1 is 0.867 bits per heavy atom. The first kappa shape index (κ1) is 22.0. The number of benzene rings is 2. The van der Waals surface area contributed by atoms with Gasteiger partial charge in [-0.2, -0.15) is 0 Å². The summed E-state index contributed by atoms with van der Waals surface area (Å²) in [5.74, 6) is -0.812. The normalized spacial score (nSPS) is 14.7. The molecule has 164 valence electrons. The van der Waals surface area contributed by atoms with E-state index >= 15 is 0 Å². The Labute approximate surface area is 168 Å². The third-order valence-electron chi connectivity index (χ3n) is 3.66. The highest BCUT2D eigenvalue weighted by Crippen LogP contribution is 3.04. The standard InChI is InChI=1S/C16H11ClF7N3O2S/c1-28-12-8-4-11(5-9-12)27-14(25-26-15(27)30(17,21,22,23)24)10-2-6-13(7-3-10)29-16(18,19)20/h2-9H,1H3. The molecule has 3 aromatic rings. The number of ether oxygens (including phenoxy) is 2. The molecule has 0 unspecified atom stereocenters. The van der Waals surface area contributed by atoms with Gasteiger partial charge in [0.15, 0.2) is 5.82 Å². The van der Waals surface area contributed by atoms with E-state index in [0.29, 0.717) is 10.3 Å². The van der Waals surface area contributed by atoms with E-state index in [0.717, 1.165) is 24.3 Å². The van der Waals surface area contributed by atoms with Gasteiger partial charge in [0, 0.05) is 16.2 Å². The van der Waals surface area contributed by atoms with Gasteiger partial charge >= 0.3 is 6.36 Å². The van der Waals surface area contributed by atoms with E-state index in [2.05, 4.69) is 25.6 Å². The van der Waals surface area contributed by atoms with Crippen LogP contribution in [-0.4, -0.2) is 28.2 Å². The van der Waals surface area contributed by atoms with E-state index in [1.54, 1.807) is 0 Å². The van der Waals surface area contributed by atoms with Crippen LogP contribution in [0.25, 0.3) is 17.1 Å². The van der Waals surface area contributed by atoms with Gasteiger partial charge in [-0.1, -0.05) is 0 Å². The lowest BCUT2D eigenvalue weighted by atomic mass is 10.2. The molecule has 1 heterocycles. The monoisotopic (exact) mass is 477 g/mol. The molecule has 0 saturated heterocycles. The van der Waals surface area contributed by atoms with E-state index in [1.165, 1.54) is 31.4 Å². The highest BCUT2D eigenvalue weighted by atomic mass is 35.7. The zero-order valence-electron chi connectivity index (χ0n) is 14.7. The number of hydrogen-bond acceptors (Lipinski definition) is 4. The predicted molar refractivity (Wildman–Crippen MR) is 96.2 cm³/mol. The summed E-state index contributed by atoms with van der Waals surface area (Å²) in [6.07, 6.45) is -4.95. The first-order valence-electron chi connectivity index (χ1n) is 7.77. The second kappa shape index (κ2) is 6.41. The lowest BCUT2D eigenvalue weighted by Crippen LogP contribution is -2.17. The first-order chi connectivity index (χ1) is 13.6. The number of aromatic nitrogens is 3. The lowest BCUT2D eigenvalue weighted by Gasteiger charge is -2.40. The average Bonchev–Trinajstić information content (AvgIpc) is 3.06. The summed E-state index contributed by atoms with van der Waals surface area (Å²) in [5.41, 5.74) is -0.310. The zero-order valence-corrected chi connectivity index (χ0v) is 16.3. The van der Waals surface area contributed by atoms with Gasteiger partial charge in [0.2, 0.25) is 0 Å². The van der Waals surface area contributed by atoms with Crippen molar-refractivity contribution < 1.29 is 38.2 Å². The molecule has 0 aliphatic carbocycles. The second-order valence-electron chi connectivity index (χ2n) is 5.88. The van der Waals surface area contributed by atoms with Gasteiger partial charge in [-0.15, -0.1) is 38.9 Å². The molecule has 0 aliphatic rings. The molecule has 0 radical (unpaired) electrons. The van der Waals surface area contributed by atoms with Crippen molar-refractivity contribution in [2.24, 2.45) is 0 Å². The Hall–Kier alpha value is -2.67. The van der Waals surface area contributed by atoms with Crippen molar-refractivity contribution in [2.75, 3.05) is 7.11 Å². The van der Waals surface area contributed by atoms with Crippen molar-refractivity contribution in [2.45, 2.75) is 11.5 Å². The van der Waals surface area contributed by atoms with Gasteiger partial charge in [-0.25, -0.2) is 0 Å². The maximum absolute atomic E-state index is 14.0. The number of methoxy groups -OCH3 is 1. The topological polar surface area (TPSA) is 49.2 Å². The molecule has 1 aromatic heterocycles. The molecule has 0 aliphatic heterocycles. The van der Waals surface area contributed by atoms with E-state index in [-0.39, 0.29) is 11.3 Å². The Balaban J connectivity index is 2.17. The molecule has 3 rings (SSSR count). The number of hydrogen-bond donors (Lipinski definition) is 0. The quantitative estimate of drug-likeness (QED) is 0.381. The summed E-state index contributed by atoms with van der Waals surface area (Å²) >= 11 is 0. The second-order valence-corrected chi connectivity index (χ2v) is 10.0. The van der Waals surface area contributed by atoms with Crippen molar-refractivity contribution in [3.63, 3.8) is 0 Å². The number of rotatable bonds is 5. The molecular weight excluding hydrogens is 467 g/mol. The summed E-state index contributed by atoms with van der Waals surface area (Å²) in [6.45, 7) is 0. The number of nitrogens with zero attached hydrogens (tertiary/aromatic N) is 3. The van der Waals surface area contributed by atoms with Gasteiger partial charge in [-0.05, 0) is 48.5 Å². The van der Waals surface area contributed by atoms with Crippen LogP contribution in [0.15, 0.2) is 53.7 Å². The summed E-state index contributed by atoms with van der Waals surface area (Å²) in [6, 6.07) is 8.72. The van der Waals surface area contributed by atoms with Crippen LogP contribution >= 0.6 is 19.7 Å². The fourth-order valence-corrected chi connectivity index (χ4v) is 3.51. The van der Waals surface area contributed by atoms with E-state index < -0.39 is 32.1 Å². The highest BCUT2D eigenvalue weighted by Gasteiger charge is 2.68. The van der Waals surface area contributed by atoms with Crippen molar-refractivity contribution in [3.8, 4) is 28.6 Å². The van der Waals surface area contributed by atoms with E-state index in [9.17, 15) is 28.7 Å². The van der Waals surface area contributed by atoms with Gasteiger partial charge in [0.1, 0.15) is 11.5 Å². The zero-order chi connectivity index (χ0) is 22.4. The van der Waals surface area contributed by atoms with E-state index in [1.807, 2.05) is 0 Å². The van der Waals surface area contributed by atoms with Gasteiger partial charge in [0.25, 0.3) is 14.2 Å². The Kier molecular flexibility index (Phi) is 4.71. The number of alkyl halides is 3. The van der Waals surface area contributed by atoms with Crippen molar-refractivity contribution in [1.82, 2.24) is 14.8 Å². The fraction of sp³-hybridized carbons (Fsp3) is 0.125. The first-order valence-corrected chi connectivity index (χ1v) is 10.7. The Morgan fingerprint density at radius 3 is 1.87 bits per heavy atom. The van der Waals surface area contributed by atoms with Crippen LogP contribution in [0, 0.1) is 0 Å². The van der Waals surface area contributed by atoms with Crippen LogP contribution in [-0.2, 0) is 0 Å². The predicted octanol–water partition coefficient (Wildman–Crippen LogP) is 6.77. The maximum Gasteiger partial charge on any atom is 0.573 e. The van der Waals surface area contributed by atoms with Crippen LogP contribution in [0.4, 0.5) is 28.7 Å². The van der Waals surface area contributed by atoms with Crippen molar-refractivity contribution >= 4 is 19.7 Å². The third kappa shape index (κ3) is 4.90. The largest absolute Gasteiger partial charge is 0.573 e. The average molecular weight is 478 g/mol. The van der Waals surface area contributed by atoms with E-state index in [4.69, 9.17) is 4.74 Å².